The molecular weight excluding hydrogens is 224 g/mol. The van der Waals surface area contributed by atoms with E-state index in [0.717, 1.165) is 18.8 Å². The monoisotopic (exact) mass is 248 g/mol. The van der Waals surface area contributed by atoms with Crippen molar-refractivity contribution in [2.45, 2.75) is 69.9 Å². The summed E-state index contributed by atoms with van der Waals surface area (Å²) in [5.41, 5.74) is 0. The molecule has 1 aromatic rings. The van der Waals surface area contributed by atoms with Gasteiger partial charge in [-0.05, 0) is 44.4 Å². The second-order valence-electron chi connectivity index (χ2n) is 6.05. The van der Waals surface area contributed by atoms with Crippen LogP contribution in [0.5, 0.6) is 0 Å². The van der Waals surface area contributed by atoms with Crippen LogP contribution in [0.2, 0.25) is 0 Å². The summed E-state index contributed by atoms with van der Waals surface area (Å²) in [5.74, 6) is 2.70. The first kappa shape index (κ1) is 12.2. The molecule has 2 saturated carbocycles. The van der Waals surface area contributed by atoms with Crippen LogP contribution in [0, 0.1) is 5.92 Å². The summed E-state index contributed by atoms with van der Waals surface area (Å²) in [7, 11) is 0. The molecule has 0 amide bonds. The number of nitrogens with zero attached hydrogens (tertiary/aromatic N) is 2. The normalized spacial score (nSPS) is 32.7. The second kappa shape index (κ2) is 5.04. The van der Waals surface area contributed by atoms with Gasteiger partial charge in [0.15, 0.2) is 0 Å². The molecule has 3 nitrogen and oxygen atoms in total. The van der Waals surface area contributed by atoms with E-state index < -0.39 is 0 Å². The first-order chi connectivity index (χ1) is 8.79. The zero-order chi connectivity index (χ0) is 12.5. The third-order valence-electron chi connectivity index (χ3n) is 4.59. The average Bonchev–Trinajstić information content (AvgIpc) is 3.10. The van der Waals surface area contributed by atoms with E-state index in [2.05, 4.69) is 22.7 Å². The molecule has 2 fully saturated rings. The number of aromatic nitrogens is 2. The highest BCUT2D eigenvalue weighted by Crippen LogP contribution is 2.43. The highest BCUT2D eigenvalue weighted by molar-refractivity contribution is 5.09. The van der Waals surface area contributed by atoms with Crippen molar-refractivity contribution in [3.8, 4) is 0 Å². The molecule has 1 aromatic heterocycles. The summed E-state index contributed by atoms with van der Waals surface area (Å²) in [6.45, 7) is 2.26. The molecule has 0 aliphatic heterocycles. The fourth-order valence-electron chi connectivity index (χ4n) is 3.50. The molecule has 3 rings (SSSR count). The van der Waals surface area contributed by atoms with Gasteiger partial charge in [-0.1, -0.05) is 13.3 Å². The van der Waals surface area contributed by atoms with Crippen LogP contribution in [0.15, 0.2) is 12.4 Å². The molecule has 2 aliphatic rings. The zero-order valence-corrected chi connectivity index (χ0v) is 11.3. The van der Waals surface area contributed by atoms with Gasteiger partial charge in [0, 0.05) is 24.4 Å². The van der Waals surface area contributed by atoms with Crippen LogP contribution < -0.4 is 0 Å². The first-order valence-corrected chi connectivity index (χ1v) is 7.50. The summed E-state index contributed by atoms with van der Waals surface area (Å²) in [5, 5.41) is 9.98. The van der Waals surface area contributed by atoms with Crippen molar-refractivity contribution in [1.82, 2.24) is 9.55 Å². The highest BCUT2D eigenvalue weighted by Gasteiger charge is 2.35. The summed E-state index contributed by atoms with van der Waals surface area (Å²) in [4.78, 5) is 4.55. The molecule has 100 valence electrons. The van der Waals surface area contributed by atoms with Gasteiger partial charge >= 0.3 is 0 Å². The van der Waals surface area contributed by atoms with Gasteiger partial charge in [0.2, 0.25) is 0 Å². The van der Waals surface area contributed by atoms with Gasteiger partial charge in [0.1, 0.15) is 5.82 Å². The van der Waals surface area contributed by atoms with Crippen LogP contribution in [-0.2, 0) is 0 Å². The Labute approximate surface area is 109 Å². The molecule has 3 heteroatoms. The lowest BCUT2D eigenvalue weighted by Gasteiger charge is -2.36. The molecule has 0 bridgehead atoms. The Morgan fingerprint density at radius 1 is 1.33 bits per heavy atom. The van der Waals surface area contributed by atoms with E-state index in [1.807, 2.05) is 6.20 Å². The summed E-state index contributed by atoms with van der Waals surface area (Å²) in [6, 6.07) is 0.479. The molecule has 0 radical (unpaired) electrons. The Morgan fingerprint density at radius 3 is 2.89 bits per heavy atom. The highest BCUT2D eigenvalue weighted by atomic mass is 16.3. The first-order valence-electron chi connectivity index (χ1n) is 7.50. The van der Waals surface area contributed by atoms with Crippen molar-refractivity contribution in [3.63, 3.8) is 0 Å². The molecule has 1 heterocycles. The number of rotatable bonds is 4. The third-order valence-corrected chi connectivity index (χ3v) is 4.59. The maximum absolute atomic E-state index is 9.98. The third kappa shape index (κ3) is 2.33. The molecule has 18 heavy (non-hydrogen) atoms. The van der Waals surface area contributed by atoms with Crippen molar-refractivity contribution in [3.05, 3.63) is 18.2 Å². The lowest BCUT2D eigenvalue weighted by molar-refractivity contribution is 0.0684. The lowest BCUT2D eigenvalue weighted by atomic mass is 9.80. The van der Waals surface area contributed by atoms with E-state index >= 15 is 0 Å². The Bertz CT molecular complexity index is 397. The minimum atomic E-state index is -0.113. The van der Waals surface area contributed by atoms with Gasteiger partial charge in [-0.25, -0.2) is 4.98 Å². The van der Waals surface area contributed by atoms with Crippen molar-refractivity contribution in [2.24, 2.45) is 5.92 Å². The van der Waals surface area contributed by atoms with Crippen molar-refractivity contribution in [1.29, 1.82) is 0 Å². The van der Waals surface area contributed by atoms with Crippen molar-refractivity contribution in [2.75, 3.05) is 0 Å². The second-order valence-corrected chi connectivity index (χ2v) is 6.05. The van der Waals surface area contributed by atoms with Gasteiger partial charge in [0.25, 0.3) is 0 Å². The van der Waals surface area contributed by atoms with Gasteiger partial charge in [-0.3, -0.25) is 0 Å². The van der Waals surface area contributed by atoms with Crippen LogP contribution in [0.25, 0.3) is 0 Å². The summed E-state index contributed by atoms with van der Waals surface area (Å²) in [6.07, 6.45) is 12.1. The largest absolute Gasteiger partial charge is 0.393 e. The van der Waals surface area contributed by atoms with Gasteiger partial charge in [0.05, 0.1) is 6.10 Å². The van der Waals surface area contributed by atoms with E-state index in [4.69, 9.17) is 0 Å². The van der Waals surface area contributed by atoms with E-state index in [9.17, 15) is 5.11 Å². The molecule has 2 aliphatic carbocycles. The number of aliphatic hydroxyl groups is 1. The SMILES string of the molecule is CCCC1CCC(O)CC1n1ccnc1C1CC1. The smallest absolute Gasteiger partial charge is 0.112 e. The zero-order valence-electron chi connectivity index (χ0n) is 11.3. The molecule has 3 unspecified atom stereocenters. The quantitative estimate of drug-likeness (QED) is 0.888. The van der Waals surface area contributed by atoms with E-state index in [1.54, 1.807) is 0 Å². The number of hydrogen-bond donors (Lipinski definition) is 1. The molecular formula is C15H24N2O. The van der Waals surface area contributed by atoms with E-state index in [1.165, 1.54) is 37.9 Å². The minimum Gasteiger partial charge on any atom is -0.393 e. The van der Waals surface area contributed by atoms with Crippen LogP contribution in [0.3, 0.4) is 0 Å². The van der Waals surface area contributed by atoms with Crippen LogP contribution >= 0.6 is 0 Å². The molecule has 0 aromatic carbocycles. The number of aliphatic hydroxyl groups excluding tert-OH is 1. The Balaban J connectivity index is 1.83. The van der Waals surface area contributed by atoms with Crippen molar-refractivity contribution >= 4 is 0 Å². The summed E-state index contributed by atoms with van der Waals surface area (Å²) < 4.78 is 2.39. The van der Waals surface area contributed by atoms with E-state index in [0.29, 0.717) is 12.0 Å². The van der Waals surface area contributed by atoms with Crippen LogP contribution in [0.4, 0.5) is 0 Å². The molecule has 0 saturated heterocycles. The fourth-order valence-corrected chi connectivity index (χ4v) is 3.50. The topological polar surface area (TPSA) is 38.0 Å². The van der Waals surface area contributed by atoms with Crippen LogP contribution in [-0.4, -0.2) is 20.8 Å². The Morgan fingerprint density at radius 2 is 2.17 bits per heavy atom. The minimum absolute atomic E-state index is 0.113. The number of hydrogen-bond acceptors (Lipinski definition) is 2. The molecule has 0 spiro atoms. The maximum Gasteiger partial charge on any atom is 0.112 e. The molecule has 3 atom stereocenters. The summed E-state index contributed by atoms with van der Waals surface area (Å²) >= 11 is 0. The average molecular weight is 248 g/mol. The lowest BCUT2D eigenvalue weighted by Crippen LogP contribution is -2.30. The van der Waals surface area contributed by atoms with Gasteiger partial charge < -0.3 is 9.67 Å². The number of imidazole rings is 1. The Hall–Kier alpha value is -0.830. The predicted octanol–water partition coefficient (Wildman–Crippen LogP) is 3.26. The van der Waals surface area contributed by atoms with E-state index in [-0.39, 0.29) is 6.10 Å². The fraction of sp³-hybridized carbons (Fsp3) is 0.800. The standard InChI is InChI=1S/C15H24N2O/c1-2-3-11-6-7-13(18)10-14(11)17-9-8-16-15(17)12-4-5-12/h8-9,11-14,18H,2-7,10H2,1H3. The van der Waals surface area contributed by atoms with Gasteiger partial charge in [-0.2, -0.15) is 0 Å². The molecule has 1 N–H and O–H groups in total. The van der Waals surface area contributed by atoms with Gasteiger partial charge in [-0.15, -0.1) is 0 Å². The van der Waals surface area contributed by atoms with Crippen LogP contribution in [0.1, 0.15) is 69.7 Å². The predicted molar refractivity (Wildman–Crippen MR) is 71.5 cm³/mol. The van der Waals surface area contributed by atoms with Crippen molar-refractivity contribution < 1.29 is 5.11 Å². The Kier molecular flexibility index (Phi) is 3.42. The maximum atomic E-state index is 9.98.